The van der Waals surface area contributed by atoms with Gasteiger partial charge < -0.3 is 15.8 Å². The summed E-state index contributed by atoms with van der Waals surface area (Å²) in [5.74, 6) is -0.862. The molecule has 1 aromatic carbocycles. The number of nitrogens with two attached hydrogens (primary N) is 1. The number of hydrogen-bond donors (Lipinski definition) is 2. The Morgan fingerprint density at radius 1 is 1.42 bits per heavy atom. The molecule has 0 saturated carbocycles. The van der Waals surface area contributed by atoms with Gasteiger partial charge in [0.1, 0.15) is 0 Å². The van der Waals surface area contributed by atoms with Gasteiger partial charge in [0.25, 0.3) is 0 Å². The molecule has 0 aliphatic heterocycles. The van der Waals surface area contributed by atoms with Crippen molar-refractivity contribution < 1.29 is 10.0 Å². The average molecular weight is 263 g/mol. The van der Waals surface area contributed by atoms with Crippen LogP contribution in [0.4, 0.5) is 5.69 Å². The highest BCUT2D eigenvalue weighted by atomic mass is 16.4. The maximum atomic E-state index is 12.4. The van der Waals surface area contributed by atoms with Crippen molar-refractivity contribution in [2.24, 2.45) is 16.8 Å². The van der Waals surface area contributed by atoms with Gasteiger partial charge in [-0.25, -0.2) is 0 Å². The van der Waals surface area contributed by atoms with Crippen LogP contribution < -0.4 is 10.6 Å². The Balaban J connectivity index is 2.94. The highest BCUT2D eigenvalue weighted by Crippen LogP contribution is 2.17. The number of carbonyl (C=O) groups is 1. The van der Waals surface area contributed by atoms with Crippen molar-refractivity contribution in [1.82, 2.24) is 0 Å². The fraction of sp³-hybridized carbons (Fsp3) is 0.429. The first kappa shape index (κ1) is 15.0. The minimum atomic E-state index is -0.637. The molecule has 0 aromatic heterocycles. The van der Waals surface area contributed by atoms with Crippen LogP contribution in [0.5, 0.6) is 0 Å². The van der Waals surface area contributed by atoms with Gasteiger partial charge in [0.2, 0.25) is 5.91 Å². The van der Waals surface area contributed by atoms with E-state index in [0.717, 1.165) is 18.5 Å². The SMILES string of the molecule is CCCCN(C(=O)C(C)C(N)=NO)c1ccccc1. The van der Waals surface area contributed by atoms with E-state index in [4.69, 9.17) is 10.9 Å². The molecule has 0 saturated heterocycles. The van der Waals surface area contributed by atoms with E-state index in [1.165, 1.54) is 0 Å². The number of benzene rings is 1. The van der Waals surface area contributed by atoms with Gasteiger partial charge in [-0.2, -0.15) is 0 Å². The molecular weight excluding hydrogens is 242 g/mol. The van der Waals surface area contributed by atoms with E-state index in [2.05, 4.69) is 12.1 Å². The fourth-order valence-corrected chi connectivity index (χ4v) is 1.74. The largest absolute Gasteiger partial charge is 0.409 e. The highest BCUT2D eigenvalue weighted by Gasteiger charge is 2.24. The number of para-hydroxylation sites is 1. The summed E-state index contributed by atoms with van der Waals surface area (Å²) < 4.78 is 0. The van der Waals surface area contributed by atoms with E-state index >= 15 is 0 Å². The molecular formula is C14H21N3O2. The Bertz CT molecular complexity index is 432. The zero-order valence-electron chi connectivity index (χ0n) is 11.4. The van der Waals surface area contributed by atoms with E-state index in [-0.39, 0.29) is 11.7 Å². The van der Waals surface area contributed by atoms with Crippen molar-refractivity contribution in [1.29, 1.82) is 0 Å². The molecule has 1 rings (SSSR count). The van der Waals surface area contributed by atoms with Gasteiger partial charge in [-0.1, -0.05) is 36.7 Å². The summed E-state index contributed by atoms with van der Waals surface area (Å²) in [6.07, 6.45) is 1.90. The number of rotatable bonds is 6. The molecule has 0 heterocycles. The Hall–Kier alpha value is -2.04. The predicted octanol–water partition coefficient (Wildman–Crippen LogP) is 2.20. The molecule has 0 bridgehead atoms. The second-order valence-electron chi connectivity index (χ2n) is 4.43. The molecule has 19 heavy (non-hydrogen) atoms. The molecule has 0 aliphatic rings. The van der Waals surface area contributed by atoms with Crippen molar-refractivity contribution in [3.63, 3.8) is 0 Å². The standard InChI is InChI=1S/C14H21N3O2/c1-3-4-10-17(12-8-6-5-7-9-12)14(18)11(2)13(15)16-19/h5-9,11,19H,3-4,10H2,1-2H3,(H2,15,16). The number of nitrogens with zero attached hydrogens (tertiary/aromatic N) is 2. The number of oxime groups is 1. The van der Waals surface area contributed by atoms with Crippen LogP contribution in [0, 0.1) is 5.92 Å². The third kappa shape index (κ3) is 3.98. The molecule has 0 fully saturated rings. The summed E-state index contributed by atoms with van der Waals surface area (Å²) in [5, 5.41) is 11.6. The van der Waals surface area contributed by atoms with E-state index in [0.29, 0.717) is 6.54 Å². The zero-order chi connectivity index (χ0) is 14.3. The van der Waals surface area contributed by atoms with Gasteiger partial charge in [0.15, 0.2) is 5.84 Å². The number of anilines is 1. The van der Waals surface area contributed by atoms with Crippen LogP contribution in [0.25, 0.3) is 0 Å². The van der Waals surface area contributed by atoms with Crippen molar-refractivity contribution in [2.45, 2.75) is 26.7 Å². The third-order valence-corrected chi connectivity index (χ3v) is 3.00. The average Bonchev–Trinajstić information content (AvgIpc) is 2.46. The topological polar surface area (TPSA) is 78.9 Å². The lowest BCUT2D eigenvalue weighted by molar-refractivity contribution is -0.120. The molecule has 1 aromatic rings. The summed E-state index contributed by atoms with van der Waals surface area (Å²) in [5.41, 5.74) is 6.35. The van der Waals surface area contributed by atoms with Crippen LogP contribution in [0.2, 0.25) is 0 Å². The molecule has 0 aliphatic carbocycles. The number of carbonyl (C=O) groups excluding carboxylic acids is 1. The number of amidine groups is 1. The smallest absolute Gasteiger partial charge is 0.237 e. The van der Waals surface area contributed by atoms with E-state index in [1.54, 1.807) is 11.8 Å². The molecule has 1 unspecified atom stereocenters. The van der Waals surface area contributed by atoms with Crippen LogP contribution in [0.15, 0.2) is 35.5 Å². The minimum absolute atomic E-state index is 0.0672. The maximum Gasteiger partial charge on any atom is 0.237 e. The Labute approximate surface area is 113 Å². The second kappa shape index (κ2) is 7.41. The quantitative estimate of drug-likeness (QED) is 0.357. The number of amides is 1. The lowest BCUT2D eigenvalue weighted by atomic mass is 10.1. The summed E-state index contributed by atoms with van der Waals surface area (Å²) in [4.78, 5) is 14.1. The number of unbranched alkanes of at least 4 members (excludes halogenated alkanes) is 1. The fourth-order valence-electron chi connectivity index (χ4n) is 1.74. The summed E-state index contributed by atoms with van der Waals surface area (Å²) >= 11 is 0. The maximum absolute atomic E-state index is 12.4. The Kier molecular flexibility index (Phi) is 5.85. The zero-order valence-corrected chi connectivity index (χ0v) is 11.4. The Morgan fingerprint density at radius 2 is 2.05 bits per heavy atom. The van der Waals surface area contributed by atoms with Gasteiger partial charge in [-0.3, -0.25) is 4.79 Å². The first-order valence-corrected chi connectivity index (χ1v) is 6.45. The molecule has 5 heteroatoms. The molecule has 0 spiro atoms. The molecule has 1 atom stereocenters. The van der Waals surface area contributed by atoms with E-state index < -0.39 is 5.92 Å². The molecule has 1 amide bonds. The molecule has 104 valence electrons. The van der Waals surface area contributed by atoms with Crippen LogP contribution in [0.1, 0.15) is 26.7 Å². The van der Waals surface area contributed by atoms with Gasteiger partial charge in [0.05, 0.1) is 5.92 Å². The second-order valence-corrected chi connectivity index (χ2v) is 4.43. The van der Waals surface area contributed by atoms with Crippen molar-refractivity contribution in [3.8, 4) is 0 Å². The van der Waals surface area contributed by atoms with E-state index in [1.807, 2.05) is 30.3 Å². The van der Waals surface area contributed by atoms with Gasteiger partial charge in [-0.05, 0) is 25.5 Å². The van der Waals surface area contributed by atoms with Crippen LogP contribution in [-0.2, 0) is 4.79 Å². The van der Waals surface area contributed by atoms with Crippen LogP contribution in [-0.4, -0.2) is 23.5 Å². The van der Waals surface area contributed by atoms with Crippen molar-refractivity contribution >= 4 is 17.4 Å². The third-order valence-electron chi connectivity index (χ3n) is 3.00. The highest BCUT2D eigenvalue weighted by molar-refractivity contribution is 6.08. The summed E-state index contributed by atoms with van der Waals surface area (Å²) in [6, 6.07) is 9.43. The Morgan fingerprint density at radius 3 is 2.58 bits per heavy atom. The van der Waals surface area contributed by atoms with Crippen LogP contribution >= 0.6 is 0 Å². The summed E-state index contributed by atoms with van der Waals surface area (Å²) in [7, 11) is 0. The first-order valence-electron chi connectivity index (χ1n) is 6.45. The molecule has 0 radical (unpaired) electrons. The summed E-state index contributed by atoms with van der Waals surface area (Å²) in [6.45, 7) is 4.34. The normalized spacial score (nSPS) is 13.1. The van der Waals surface area contributed by atoms with E-state index in [9.17, 15) is 4.79 Å². The predicted molar refractivity (Wildman–Crippen MR) is 76.3 cm³/mol. The van der Waals surface area contributed by atoms with Crippen molar-refractivity contribution in [3.05, 3.63) is 30.3 Å². The molecule has 5 nitrogen and oxygen atoms in total. The van der Waals surface area contributed by atoms with Gasteiger partial charge in [0, 0.05) is 12.2 Å². The first-order chi connectivity index (χ1) is 9.11. The number of hydrogen-bond acceptors (Lipinski definition) is 3. The van der Waals surface area contributed by atoms with Gasteiger partial charge >= 0.3 is 0 Å². The lowest BCUT2D eigenvalue weighted by Crippen LogP contribution is -2.41. The van der Waals surface area contributed by atoms with Gasteiger partial charge in [-0.15, -0.1) is 0 Å². The monoisotopic (exact) mass is 263 g/mol. The lowest BCUT2D eigenvalue weighted by Gasteiger charge is -2.25. The van der Waals surface area contributed by atoms with Crippen molar-refractivity contribution in [2.75, 3.05) is 11.4 Å². The molecule has 3 N–H and O–H groups in total. The minimum Gasteiger partial charge on any atom is -0.409 e. The van der Waals surface area contributed by atoms with Crippen LogP contribution in [0.3, 0.4) is 0 Å².